The van der Waals surface area contributed by atoms with Crippen LogP contribution in [0.5, 0.6) is 0 Å². The molecule has 1 heterocycles. The highest BCUT2D eigenvalue weighted by atomic mass is 19.4. The first-order valence-electron chi connectivity index (χ1n) is 6.01. The minimum absolute atomic E-state index is 0.0223. The molecule has 1 aromatic heterocycles. The number of nitrogens with zero attached hydrogens (tertiary/aromatic N) is 3. The zero-order valence-corrected chi connectivity index (χ0v) is 11.0. The van der Waals surface area contributed by atoms with Gasteiger partial charge < -0.3 is 0 Å². The number of alkyl halides is 3. The van der Waals surface area contributed by atoms with Gasteiger partial charge in [0.05, 0.1) is 21.7 Å². The summed E-state index contributed by atoms with van der Waals surface area (Å²) in [6.07, 6.45) is -3.29. The van der Waals surface area contributed by atoms with Gasteiger partial charge in [-0.2, -0.15) is 18.4 Å². The average molecular weight is 307 g/mol. The van der Waals surface area contributed by atoms with Gasteiger partial charge in [-0.05, 0) is 17.7 Å². The van der Waals surface area contributed by atoms with Crippen LogP contribution in [-0.4, -0.2) is 9.91 Å². The highest BCUT2D eigenvalue weighted by Crippen LogP contribution is 2.29. The van der Waals surface area contributed by atoms with Crippen LogP contribution < -0.4 is 0 Å². The van der Waals surface area contributed by atoms with Crippen molar-refractivity contribution in [3.8, 4) is 6.07 Å². The van der Waals surface area contributed by atoms with E-state index in [0.29, 0.717) is 5.56 Å². The SMILES string of the molecule is N#Cc1cc([N+](=O)[O-])cnc1Cc1ccc(C(F)(F)F)cc1. The van der Waals surface area contributed by atoms with Gasteiger partial charge >= 0.3 is 6.18 Å². The summed E-state index contributed by atoms with van der Waals surface area (Å²) in [5.41, 5.74) is -0.269. The lowest BCUT2D eigenvalue weighted by atomic mass is 10.0. The molecule has 2 rings (SSSR count). The van der Waals surface area contributed by atoms with Gasteiger partial charge in [0.1, 0.15) is 12.3 Å². The van der Waals surface area contributed by atoms with Crippen LogP contribution in [-0.2, 0) is 12.6 Å². The van der Waals surface area contributed by atoms with Gasteiger partial charge in [-0.15, -0.1) is 0 Å². The monoisotopic (exact) mass is 307 g/mol. The molecule has 0 saturated carbocycles. The molecule has 22 heavy (non-hydrogen) atoms. The second-order valence-corrected chi connectivity index (χ2v) is 4.43. The van der Waals surface area contributed by atoms with Crippen molar-refractivity contribution in [2.75, 3.05) is 0 Å². The molecule has 0 aliphatic rings. The van der Waals surface area contributed by atoms with Gasteiger partial charge in [-0.25, -0.2) is 0 Å². The molecule has 0 radical (unpaired) electrons. The Bertz CT molecular complexity index is 749. The summed E-state index contributed by atoms with van der Waals surface area (Å²) in [5, 5.41) is 19.6. The number of nitro groups is 1. The van der Waals surface area contributed by atoms with E-state index in [1.165, 1.54) is 12.1 Å². The molecule has 0 aliphatic carbocycles. The molecule has 8 heteroatoms. The predicted octanol–water partition coefficient (Wildman–Crippen LogP) is 3.47. The minimum atomic E-state index is -4.41. The number of aromatic nitrogens is 1. The van der Waals surface area contributed by atoms with Gasteiger partial charge in [-0.3, -0.25) is 15.1 Å². The molecule has 0 spiro atoms. The largest absolute Gasteiger partial charge is 0.416 e. The normalized spacial score (nSPS) is 11.0. The summed E-state index contributed by atoms with van der Waals surface area (Å²) < 4.78 is 37.4. The number of benzene rings is 1. The third kappa shape index (κ3) is 3.38. The molecule has 0 saturated heterocycles. The van der Waals surface area contributed by atoms with Gasteiger partial charge in [0, 0.05) is 12.5 Å². The lowest BCUT2D eigenvalue weighted by Crippen LogP contribution is -2.05. The smallest absolute Gasteiger partial charge is 0.258 e. The molecular weight excluding hydrogens is 299 g/mol. The maximum absolute atomic E-state index is 12.5. The van der Waals surface area contributed by atoms with E-state index < -0.39 is 16.7 Å². The molecule has 1 aromatic carbocycles. The quantitative estimate of drug-likeness (QED) is 0.642. The molecule has 112 valence electrons. The van der Waals surface area contributed by atoms with Crippen molar-refractivity contribution in [2.24, 2.45) is 0 Å². The van der Waals surface area contributed by atoms with E-state index in [4.69, 9.17) is 5.26 Å². The lowest BCUT2D eigenvalue weighted by molar-refractivity contribution is -0.385. The topological polar surface area (TPSA) is 79.8 Å². The Balaban J connectivity index is 2.28. The van der Waals surface area contributed by atoms with E-state index in [1.807, 2.05) is 0 Å². The number of pyridine rings is 1. The van der Waals surface area contributed by atoms with Crippen molar-refractivity contribution in [3.63, 3.8) is 0 Å². The molecule has 0 bridgehead atoms. The van der Waals surface area contributed by atoms with Crippen LogP contribution in [0.1, 0.15) is 22.4 Å². The first-order valence-corrected chi connectivity index (χ1v) is 6.01. The minimum Gasteiger partial charge on any atom is -0.258 e. The molecule has 0 N–H and O–H groups in total. The van der Waals surface area contributed by atoms with Crippen molar-refractivity contribution in [3.05, 3.63) is 69.0 Å². The molecule has 0 aliphatic heterocycles. The Labute approximate surface area is 122 Å². The van der Waals surface area contributed by atoms with Crippen molar-refractivity contribution in [1.29, 1.82) is 5.26 Å². The molecule has 0 unspecified atom stereocenters. The summed E-state index contributed by atoms with van der Waals surface area (Å²) in [6, 6.07) is 7.33. The molecule has 0 amide bonds. The molecule has 5 nitrogen and oxygen atoms in total. The summed E-state index contributed by atoms with van der Waals surface area (Å²) in [6.45, 7) is 0. The third-order valence-electron chi connectivity index (χ3n) is 2.94. The first-order chi connectivity index (χ1) is 10.3. The van der Waals surface area contributed by atoms with E-state index in [9.17, 15) is 23.3 Å². The number of halogens is 3. The lowest BCUT2D eigenvalue weighted by Gasteiger charge is -2.08. The second kappa shape index (κ2) is 5.81. The fourth-order valence-electron chi connectivity index (χ4n) is 1.82. The number of hydrogen-bond acceptors (Lipinski definition) is 4. The van der Waals surface area contributed by atoms with E-state index in [0.717, 1.165) is 24.4 Å². The summed E-state index contributed by atoms with van der Waals surface area (Å²) in [5.74, 6) is 0. The van der Waals surface area contributed by atoms with E-state index in [1.54, 1.807) is 6.07 Å². The Hall–Kier alpha value is -2.95. The van der Waals surface area contributed by atoms with E-state index >= 15 is 0 Å². The Kier molecular flexibility index (Phi) is 4.08. The molecule has 0 atom stereocenters. The Morgan fingerprint density at radius 1 is 1.27 bits per heavy atom. The van der Waals surface area contributed by atoms with Crippen LogP contribution in [0.4, 0.5) is 18.9 Å². The maximum atomic E-state index is 12.5. The second-order valence-electron chi connectivity index (χ2n) is 4.43. The van der Waals surface area contributed by atoms with Crippen LogP contribution in [0.3, 0.4) is 0 Å². The number of hydrogen-bond donors (Lipinski definition) is 0. The number of nitriles is 1. The maximum Gasteiger partial charge on any atom is 0.416 e. The van der Waals surface area contributed by atoms with Crippen molar-refractivity contribution < 1.29 is 18.1 Å². The predicted molar refractivity (Wildman–Crippen MR) is 69.9 cm³/mol. The van der Waals surface area contributed by atoms with Crippen molar-refractivity contribution >= 4 is 5.69 Å². The fourth-order valence-corrected chi connectivity index (χ4v) is 1.82. The molecule has 2 aromatic rings. The Morgan fingerprint density at radius 3 is 2.41 bits per heavy atom. The van der Waals surface area contributed by atoms with E-state index in [-0.39, 0.29) is 23.4 Å². The van der Waals surface area contributed by atoms with E-state index in [2.05, 4.69) is 4.98 Å². The molecular formula is C14H8F3N3O2. The van der Waals surface area contributed by atoms with Crippen molar-refractivity contribution in [1.82, 2.24) is 4.98 Å². The van der Waals surface area contributed by atoms with Crippen LogP contribution >= 0.6 is 0 Å². The zero-order valence-electron chi connectivity index (χ0n) is 11.0. The summed E-state index contributed by atoms with van der Waals surface area (Å²) >= 11 is 0. The summed E-state index contributed by atoms with van der Waals surface area (Å²) in [4.78, 5) is 13.8. The van der Waals surface area contributed by atoms with Crippen LogP contribution in [0.2, 0.25) is 0 Å². The van der Waals surface area contributed by atoms with Gasteiger partial charge in [-0.1, -0.05) is 12.1 Å². The van der Waals surface area contributed by atoms with Gasteiger partial charge in [0.2, 0.25) is 0 Å². The fraction of sp³-hybridized carbons (Fsp3) is 0.143. The third-order valence-corrected chi connectivity index (χ3v) is 2.94. The highest BCUT2D eigenvalue weighted by molar-refractivity contribution is 5.43. The van der Waals surface area contributed by atoms with Crippen LogP contribution in [0.25, 0.3) is 0 Å². The van der Waals surface area contributed by atoms with Gasteiger partial charge in [0.15, 0.2) is 0 Å². The molecule has 0 fully saturated rings. The standard InChI is InChI=1S/C14H8F3N3O2/c15-14(16,17)11-3-1-9(2-4-11)5-13-10(7-18)6-12(8-19-13)20(21)22/h1-4,6,8H,5H2. The van der Waals surface area contributed by atoms with Gasteiger partial charge in [0.25, 0.3) is 5.69 Å². The average Bonchev–Trinajstić information content (AvgIpc) is 2.47. The number of rotatable bonds is 3. The first kappa shape index (κ1) is 15.4. The summed E-state index contributed by atoms with van der Waals surface area (Å²) in [7, 11) is 0. The highest BCUT2D eigenvalue weighted by Gasteiger charge is 2.29. The van der Waals surface area contributed by atoms with Crippen molar-refractivity contribution in [2.45, 2.75) is 12.6 Å². The zero-order chi connectivity index (χ0) is 16.3. The van der Waals surface area contributed by atoms with Crippen LogP contribution in [0.15, 0.2) is 36.5 Å². The van der Waals surface area contributed by atoms with Crippen LogP contribution in [0, 0.1) is 21.4 Å². The Morgan fingerprint density at radius 2 is 1.91 bits per heavy atom.